The Hall–Kier alpha value is -3.35. The number of thiocarbonyl (C=S) groups is 1. The Bertz CT molecular complexity index is 1130. The predicted octanol–water partition coefficient (Wildman–Crippen LogP) is 9.71. The fourth-order valence-electron chi connectivity index (χ4n) is 4.26. The molecule has 0 aliphatic carbocycles. The van der Waals surface area contributed by atoms with Crippen molar-refractivity contribution < 1.29 is 19.6 Å². The molecule has 0 aromatic heterocycles. The van der Waals surface area contributed by atoms with E-state index in [1.54, 1.807) is 12.1 Å². The molecule has 6 heteroatoms. The molecule has 0 spiro atoms. The number of para-hydroxylation sites is 2. The van der Waals surface area contributed by atoms with E-state index in [-0.39, 0.29) is 12.4 Å². The molecule has 0 fully saturated rings. The molecule has 5 nitrogen and oxygen atoms in total. The summed E-state index contributed by atoms with van der Waals surface area (Å²) in [6, 6.07) is 26.1. The highest BCUT2D eigenvalue weighted by Crippen LogP contribution is 2.23. The standard InChI is InChI=1S/C34H43NO4S/c1-2-3-4-5-6-7-8-9-10-17-26-37-30-24-22-28(23-25-30)33(36)32(27-38-39-31-20-15-12-16-21-31)34(40)35-29-18-13-11-14-19-29/h11-16,18-25,36H,2-10,17,26-27H2,1H3,(H,35,40)/b33-32-. The van der Waals surface area contributed by atoms with Crippen LogP contribution in [-0.4, -0.2) is 23.3 Å². The molecule has 3 rings (SSSR count). The molecule has 0 bridgehead atoms. The topological polar surface area (TPSA) is 60.0 Å². The first-order valence-corrected chi connectivity index (χ1v) is 14.9. The van der Waals surface area contributed by atoms with Gasteiger partial charge in [0.15, 0.2) is 5.75 Å². The third-order valence-corrected chi connectivity index (χ3v) is 6.94. The molecule has 0 saturated heterocycles. The summed E-state index contributed by atoms with van der Waals surface area (Å²) in [6.45, 7) is 2.91. The lowest BCUT2D eigenvalue weighted by Gasteiger charge is -2.15. The van der Waals surface area contributed by atoms with Crippen molar-refractivity contribution in [3.05, 3.63) is 96.1 Å². The van der Waals surface area contributed by atoms with Crippen LogP contribution in [0.3, 0.4) is 0 Å². The molecule has 3 aromatic rings. The summed E-state index contributed by atoms with van der Waals surface area (Å²) in [5.74, 6) is 1.36. The Morgan fingerprint density at radius 1 is 0.700 bits per heavy atom. The Morgan fingerprint density at radius 3 is 1.90 bits per heavy atom. The van der Waals surface area contributed by atoms with Gasteiger partial charge >= 0.3 is 0 Å². The van der Waals surface area contributed by atoms with Crippen LogP contribution in [0.5, 0.6) is 11.5 Å². The molecule has 0 atom stereocenters. The number of anilines is 1. The molecular weight excluding hydrogens is 518 g/mol. The van der Waals surface area contributed by atoms with Crippen LogP contribution in [-0.2, 0) is 4.89 Å². The van der Waals surface area contributed by atoms with Crippen LogP contribution in [0.2, 0.25) is 0 Å². The van der Waals surface area contributed by atoms with Gasteiger partial charge in [-0.05, 0) is 55.0 Å². The molecule has 0 aliphatic rings. The van der Waals surface area contributed by atoms with Gasteiger partial charge in [-0.2, -0.15) is 4.89 Å². The van der Waals surface area contributed by atoms with Crippen molar-refractivity contribution in [1.82, 2.24) is 0 Å². The van der Waals surface area contributed by atoms with E-state index in [9.17, 15) is 5.11 Å². The van der Waals surface area contributed by atoms with E-state index in [0.717, 1.165) is 17.9 Å². The van der Waals surface area contributed by atoms with Gasteiger partial charge in [0, 0.05) is 11.3 Å². The van der Waals surface area contributed by atoms with Crippen molar-refractivity contribution in [2.24, 2.45) is 0 Å². The summed E-state index contributed by atoms with van der Waals surface area (Å²) in [5.41, 5.74) is 1.84. The number of nitrogens with one attached hydrogen (secondary N) is 1. The highest BCUT2D eigenvalue weighted by atomic mass is 32.1. The lowest BCUT2D eigenvalue weighted by molar-refractivity contribution is -0.197. The fourth-order valence-corrected chi connectivity index (χ4v) is 4.54. The van der Waals surface area contributed by atoms with Gasteiger partial charge in [0.05, 0.1) is 12.2 Å². The third kappa shape index (κ3) is 11.8. The molecular formula is C34H43NO4S. The molecule has 0 heterocycles. The molecule has 214 valence electrons. The Labute approximate surface area is 245 Å². The zero-order valence-corrected chi connectivity index (χ0v) is 24.5. The third-order valence-electron chi connectivity index (χ3n) is 6.59. The SMILES string of the molecule is CCCCCCCCCCCCOc1ccc(/C(O)=C(\COOc2ccccc2)C(=S)Nc2ccccc2)cc1. The molecule has 2 N–H and O–H groups in total. The molecule has 0 aliphatic heterocycles. The Morgan fingerprint density at radius 2 is 1.27 bits per heavy atom. The number of aliphatic hydroxyl groups excluding tert-OH is 1. The predicted molar refractivity (Wildman–Crippen MR) is 169 cm³/mol. The van der Waals surface area contributed by atoms with E-state index in [2.05, 4.69) is 12.2 Å². The maximum absolute atomic E-state index is 11.2. The van der Waals surface area contributed by atoms with Crippen molar-refractivity contribution in [3.8, 4) is 11.5 Å². The average molecular weight is 562 g/mol. The van der Waals surface area contributed by atoms with Crippen molar-refractivity contribution in [3.63, 3.8) is 0 Å². The van der Waals surface area contributed by atoms with Gasteiger partial charge in [-0.3, -0.25) is 0 Å². The molecule has 40 heavy (non-hydrogen) atoms. The monoisotopic (exact) mass is 561 g/mol. The van der Waals surface area contributed by atoms with Gasteiger partial charge < -0.3 is 20.0 Å². The van der Waals surface area contributed by atoms with Crippen LogP contribution in [0.15, 0.2) is 90.5 Å². The second kappa shape index (κ2) is 18.9. The number of hydrogen-bond acceptors (Lipinski definition) is 5. The second-order valence-corrected chi connectivity index (χ2v) is 10.3. The molecule has 0 unspecified atom stereocenters. The summed E-state index contributed by atoms with van der Waals surface area (Å²) in [5, 5.41) is 14.3. The fraction of sp³-hybridized carbons (Fsp3) is 0.382. The minimum atomic E-state index is -0.0453. The van der Waals surface area contributed by atoms with Crippen LogP contribution >= 0.6 is 12.2 Å². The average Bonchev–Trinajstić information content (AvgIpc) is 2.99. The number of rotatable bonds is 19. The van der Waals surface area contributed by atoms with E-state index in [1.165, 1.54) is 57.8 Å². The van der Waals surface area contributed by atoms with Crippen molar-refractivity contribution in [2.75, 3.05) is 18.5 Å². The second-order valence-electron chi connectivity index (χ2n) is 9.86. The first kappa shape index (κ1) is 31.2. The van der Waals surface area contributed by atoms with E-state index in [4.69, 9.17) is 26.7 Å². The van der Waals surface area contributed by atoms with E-state index < -0.39 is 0 Å². The first-order chi connectivity index (χ1) is 19.7. The van der Waals surface area contributed by atoms with E-state index >= 15 is 0 Å². The smallest absolute Gasteiger partial charge is 0.165 e. The van der Waals surface area contributed by atoms with E-state index in [0.29, 0.717) is 28.5 Å². The normalized spacial score (nSPS) is 11.5. The highest BCUT2D eigenvalue weighted by molar-refractivity contribution is 7.81. The van der Waals surface area contributed by atoms with Crippen molar-refractivity contribution in [2.45, 2.75) is 71.1 Å². The van der Waals surface area contributed by atoms with Crippen LogP contribution in [0.25, 0.3) is 5.76 Å². The van der Waals surface area contributed by atoms with Gasteiger partial charge in [0.25, 0.3) is 0 Å². The van der Waals surface area contributed by atoms with Gasteiger partial charge in [0.2, 0.25) is 0 Å². The maximum Gasteiger partial charge on any atom is 0.165 e. The number of benzene rings is 3. The Balaban J connectivity index is 1.51. The van der Waals surface area contributed by atoms with E-state index in [1.807, 2.05) is 72.8 Å². The summed E-state index contributed by atoms with van der Waals surface area (Å²) in [6.07, 6.45) is 13.0. The minimum absolute atomic E-state index is 0.0198. The lowest BCUT2D eigenvalue weighted by Crippen LogP contribution is -2.19. The Kier molecular flexibility index (Phi) is 14.7. The largest absolute Gasteiger partial charge is 0.507 e. The summed E-state index contributed by atoms with van der Waals surface area (Å²) < 4.78 is 5.93. The number of ether oxygens (including phenoxy) is 1. The minimum Gasteiger partial charge on any atom is -0.507 e. The van der Waals surface area contributed by atoms with Crippen molar-refractivity contribution >= 4 is 28.7 Å². The summed E-state index contributed by atoms with van der Waals surface area (Å²) in [4.78, 5) is 11.2. The van der Waals surface area contributed by atoms with Crippen molar-refractivity contribution in [1.29, 1.82) is 0 Å². The summed E-state index contributed by atoms with van der Waals surface area (Å²) >= 11 is 5.63. The lowest BCUT2D eigenvalue weighted by atomic mass is 10.1. The quantitative estimate of drug-likeness (QED) is 0.0379. The van der Waals surface area contributed by atoms with Crippen LogP contribution in [0.4, 0.5) is 5.69 Å². The number of aliphatic hydroxyl groups is 1. The van der Waals surface area contributed by atoms with Gasteiger partial charge in [0.1, 0.15) is 23.1 Å². The maximum atomic E-state index is 11.2. The first-order valence-electron chi connectivity index (χ1n) is 14.5. The van der Waals surface area contributed by atoms with Gasteiger partial charge in [-0.25, -0.2) is 0 Å². The zero-order chi connectivity index (χ0) is 28.3. The molecule has 0 radical (unpaired) electrons. The van der Waals surface area contributed by atoms with Gasteiger partial charge in [-0.15, -0.1) is 0 Å². The zero-order valence-electron chi connectivity index (χ0n) is 23.6. The van der Waals surface area contributed by atoms with Gasteiger partial charge in [-0.1, -0.05) is 113 Å². The molecule has 3 aromatic carbocycles. The number of unbranched alkanes of at least 4 members (excludes halogenated alkanes) is 9. The molecule has 0 saturated carbocycles. The highest BCUT2D eigenvalue weighted by Gasteiger charge is 2.16. The van der Waals surface area contributed by atoms with Crippen LogP contribution < -0.4 is 14.9 Å². The van der Waals surface area contributed by atoms with Crippen LogP contribution in [0.1, 0.15) is 76.7 Å². The van der Waals surface area contributed by atoms with Crippen LogP contribution in [0, 0.1) is 0 Å². The summed E-state index contributed by atoms with van der Waals surface area (Å²) in [7, 11) is 0. The number of hydrogen-bond donors (Lipinski definition) is 2. The molecule has 0 amide bonds.